The van der Waals surface area contributed by atoms with Crippen molar-refractivity contribution in [1.29, 1.82) is 0 Å². The van der Waals surface area contributed by atoms with Crippen LogP contribution in [0.25, 0.3) is 0 Å². The van der Waals surface area contributed by atoms with Crippen molar-refractivity contribution >= 4 is 10.0 Å². The zero-order chi connectivity index (χ0) is 15.5. The fraction of sp³-hybridized carbons (Fsp3) is 0.214. The summed E-state index contributed by atoms with van der Waals surface area (Å²) in [7, 11) is -2.35. The van der Waals surface area contributed by atoms with Crippen molar-refractivity contribution in [3.63, 3.8) is 0 Å². The smallest absolute Gasteiger partial charge is 0.260 e. The number of rotatable bonds is 5. The molecule has 0 spiro atoms. The van der Waals surface area contributed by atoms with Gasteiger partial charge >= 0.3 is 0 Å². The van der Waals surface area contributed by atoms with E-state index in [-0.39, 0.29) is 18.2 Å². The highest BCUT2D eigenvalue weighted by Gasteiger charge is 2.22. The molecule has 0 aliphatic heterocycles. The van der Waals surface area contributed by atoms with Gasteiger partial charge in [-0.05, 0) is 29.3 Å². The van der Waals surface area contributed by atoms with Crippen LogP contribution in [-0.4, -0.2) is 29.9 Å². The Bertz CT molecular complexity index is 717. The monoisotopic (exact) mass is 310 g/mol. The molecule has 5 nitrogen and oxygen atoms in total. The van der Waals surface area contributed by atoms with Crippen LogP contribution < -0.4 is 0 Å². The van der Waals surface area contributed by atoms with Gasteiger partial charge in [-0.15, -0.1) is 0 Å². The molecular weight excluding hydrogens is 295 g/mol. The highest BCUT2D eigenvalue weighted by molar-refractivity contribution is 7.89. The molecule has 0 aliphatic carbocycles. The second-order valence-corrected chi connectivity index (χ2v) is 6.55. The van der Waals surface area contributed by atoms with E-state index in [0.717, 1.165) is 4.31 Å². The van der Waals surface area contributed by atoms with Gasteiger partial charge in [-0.2, -0.15) is 4.31 Å². The number of aliphatic hydroxyl groups is 1. The van der Waals surface area contributed by atoms with Gasteiger partial charge in [0.2, 0.25) is 0 Å². The molecule has 2 rings (SSSR count). The number of hydrogen-bond acceptors (Lipinski definition) is 4. The zero-order valence-electron chi connectivity index (χ0n) is 11.4. The summed E-state index contributed by atoms with van der Waals surface area (Å²) in [4.78, 5) is 3.84. The van der Waals surface area contributed by atoms with E-state index in [1.165, 1.54) is 43.6 Å². The summed E-state index contributed by atoms with van der Waals surface area (Å²) in [5, 5.41) is 8.81. The van der Waals surface area contributed by atoms with E-state index in [4.69, 9.17) is 5.11 Å². The summed E-state index contributed by atoms with van der Waals surface area (Å²) < 4.78 is 38.9. The average molecular weight is 310 g/mol. The molecule has 1 aromatic carbocycles. The minimum absolute atomic E-state index is 0.0452. The predicted octanol–water partition coefficient (Wildman–Crippen LogP) is 1.53. The molecular formula is C14H15FN2O3S. The number of nitrogens with zero attached hydrogens (tertiary/aromatic N) is 2. The maximum atomic E-state index is 13.1. The van der Waals surface area contributed by atoms with Crippen molar-refractivity contribution in [2.24, 2.45) is 0 Å². The van der Waals surface area contributed by atoms with E-state index in [1.807, 2.05) is 0 Å². The van der Waals surface area contributed by atoms with Gasteiger partial charge in [-0.3, -0.25) is 0 Å². The van der Waals surface area contributed by atoms with Gasteiger partial charge in [0.25, 0.3) is 10.0 Å². The first-order valence-electron chi connectivity index (χ1n) is 6.20. The van der Waals surface area contributed by atoms with Crippen LogP contribution in [0.4, 0.5) is 4.39 Å². The van der Waals surface area contributed by atoms with Crippen molar-refractivity contribution in [2.75, 3.05) is 7.05 Å². The molecule has 21 heavy (non-hydrogen) atoms. The summed E-state index contributed by atoms with van der Waals surface area (Å²) in [6, 6.07) is 8.59. The topological polar surface area (TPSA) is 70.5 Å². The van der Waals surface area contributed by atoms with Crippen LogP contribution in [0.15, 0.2) is 47.6 Å². The van der Waals surface area contributed by atoms with E-state index in [9.17, 15) is 12.8 Å². The van der Waals surface area contributed by atoms with Crippen molar-refractivity contribution in [3.05, 3.63) is 59.5 Å². The van der Waals surface area contributed by atoms with E-state index < -0.39 is 15.8 Å². The van der Waals surface area contributed by atoms with Gasteiger partial charge in [0.05, 0.1) is 6.61 Å². The molecule has 7 heteroatoms. The van der Waals surface area contributed by atoms with Gasteiger partial charge in [-0.25, -0.2) is 17.8 Å². The Morgan fingerprint density at radius 1 is 1.24 bits per heavy atom. The van der Waals surface area contributed by atoms with Gasteiger partial charge in [0, 0.05) is 19.8 Å². The van der Waals surface area contributed by atoms with Crippen LogP contribution in [0.5, 0.6) is 0 Å². The fourth-order valence-electron chi connectivity index (χ4n) is 1.79. The molecule has 1 aromatic heterocycles. The molecule has 2 aromatic rings. The third-order valence-electron chi connectivity index (χ3n) is 2.95. The molecule has 0 unspecified atom stereocenters. The first-order chi connectivity index (χ1) is 9.93. The molecule has 0 bridgehead atoms. The summed E-state index contributed by atoms with van der Waals surface area (Å²) in [5.74, 6) is -0.413. The lowest BCUT2D eigenvalue weighted by molar-refractivity contribution is 0.281. The highest BCUT2D eigenvalue weighted by atomic mass is 32.2. The molecule has 1 N–H and O–H groups in total. The number of sulfonamides is 1. The van der Waals surface area contributed by atoms with E-state index in [0.29, 0.717) is 11.1 Å². The molecule has 0 amide bonds. The van der Waals surface area contributed by atoms with Crippen molar-refractivity contribution < 1.29 is 17.9 Å². The number of aliphatic hydroxyl groups excluding tert-OH is 1. The first kappa shape index (κ1) is 15.6. The fourth-order valence-corrected chi connectivity index (χ4v) is 2.86. The number of aromatic nitrogens is 1. The summed E-state index contributed by atoms with van der Waals surface area (Å²) in [6.45, 7) is -0.157. The van der Waals surface area contributed by atoms with Gasteiger partial charge in [0.1, 0.15) is 5.82 Å². The Morgan fingerprint density at radius 3 is 2.57 bits per heavy atom. The van der Waals surface area contributed by atoms with Crippen LogP contribution in [-0.2, 0) is 23.2 Å². The quantitative estimate of drug-likeness (QED) is 0.909. The third kappa shape index (κ3) is 3.63. The van der Waals surface area contributed by atoms with Gasteiger partial charge in [-0.1, -0.05) is 18.2 Å². The minimum atomic E-state index is -3.76. The lowest BCUT2D eigenvalue weighted by Crippen LogP contribution is -2.27. The van der Waals surface area contributed by atoms with Crippen LogP contribution >= 0.6 is 0 Å². The molecule has 0 saturated heterocycles. The Labute approximate surface area is 122 Å². The normalized spacial score (nSPS) is 11.8. The Hall–Kier alpha value is -1.83. The molecule has 1 heterocycles. The van der Waals surface area contributed by atoms with E-state index in [2.05, 4.69) is 4.98 Å². The Kier molecular flexibility index (Phi) is 4.66. The van der Waals surface area contributed by atoms with Crippen molar-refractivity contribution in [3.8, 4) is 0 Å². The van der Waals surface area contributed by atoms with Gasteiger partial charge in [0.15, 0.2) is 5.03 Å². The first-order valence-corrected chi connectivity index (χ1v) is 7.64. The van der Waals surface area contributed by atoms with Gasteiger partial charge < -0.3 is 5.11 Å². The maximum Gasteiger partial charge on any atom is 0.260 e. The molecule has 0 atom stereocenters. The SMILES string of the molecule is CN(Cc1cccc(F)c1)S(=O)(=O)c1ccc(CO)cn1. The van der Waals surface area contributed by atoms with Crippen LogP contribution in [0, 0.1) is 5.82 Å². The van der Waals surface area contributed by atoms with E-state index in [1.54, 1.807) is 6.07 Å². The average Bonchev–Trinajstić information content (AvgIpc) is 2.47. The minimum Gasteiger partial charge on any atom is -0.392 e. The second kappa shape index (κ2) is 6.30. The summed E-state index contributed by atoms with van der Waals surface area (Å²) in [5.41, 5.74) is 1.08. The van der Waals surface area contributed by atoms with Crippen LogP contribution in [0.2, 0.25) is 0 Å². The highest BCUT2D eigenvalue weighted by Crippen LogP contribution is 2.15. The number of benzene rings is 1. The Morgan fingerprint density at radius 2 is 2.00 bits per heavy atom. The third-order valence-corrected chi connectivity index (χ3v) is 4.67. The van der Waals surface area contributed by atoms with Crippen molar-refractivity contribution in [2.45, 2.75) is 18.2 Å². The standard InChI is InChI=1S/C14H15FN2O3S/c1-17(9-11-3-2-4-13(15)7-11)21(19,20)14-6-5-12(10-18)8-16-14/h2-8,18H,9-10H2,1H3. The van der Waals surface area contributed by atoms with E-state index >= 15 is 0 Å². The number of halogens is 1. The number of pyridine rings is 1. The largest absolute Gasteiger partial charge is 0.392 e. The molecule has 0 saturated carbocycles. The molecule has 0 fully saturated rings. The molecule has 112 valence electrons. The number of hydrogen-bond donors (Lipinski definition) is 1. The molecule has 0 aliphatic rings. The summed E-state index contributed by atoms with van der Waals surface area (Å²) >= 11 is 0. The maximum absolute atomic E-state index is 13.1. The predicted molar refractivity (Wildman–Crippen MR) is 75.2 cm³/mol. The Balaban J connectivity index is 2.21. The molecule has 0 radical (unpaired) electrons. The second-order valence-electron chi connectivity index (χ2n) is 4.55. The van der Waals surface area contributed by atoms with Crippen LogP contribution in [0.1, 0.15) is 11.1 Å². The zero-order valence-corrected chi connectivity index (χ0v) is 12.2. The van der Waals surface area contributed by atoms with Crippen molar-refractivity contribution in [1.82, 2.24) is 9.29 Å². The lowest BCUT2D eigenvalue weighted by Gasteiger charge is -2.16. The lowest BCUT2D eigenvalue weighted by atomic mass is 10.2. The summed E-state index contributed by atoms with van der Waals surface area (Å²) in [6.07, 6.45) is 1.31. The van der Waals surface area contributed by atoms with Crippen LogP contribution in [0.3, 0.4) is 0 Å².